The van der Waals surface area contributed by atoms with Crippen LogP contribution in [0, 0.1) is 53.3 Å². The Morgan fingerprint density at radius 2 is 1.00 bits per heavy atom. The Morgan fingerprint density at radius 1 is 0.545 bits per heavy atom. The first-order valence-corrected chi connectivity index (χ1v) is 14.5. The molecule has 0 spiro atoms. The Balaban J connectivity index is 1.79. The molecule has 2 unspecified atom stereocenters. The van der Waals surface area contributed by atoms with Gasteiger partial charge in [0.1, 0.15) is 0 Å². The highest BCUT2D eigenvalue weighted by atomic mass is 16.5. The van der Waals surface area contributed by atoms with Crippen molar-refractivity contribution >= 4 is 0 Å². The van der Waals surface area contributed by atoms with E-state index in [0.717, 1.165) is 31.6 Å². The molecular weight excluding hydrogens is 408 g/mol. The molecule has 0 bridgehead atoms. The van der Waals surface area contributed by atoms with E-state index < -0.39 is 0 Å². The number of hydrogen-bond acceptors (Lipinski definition) is 3. The second kappa shape index (κ2) is 11.7. The van der Waals surface area contributed by atoms with Crippen LogP contribution in [0.15, 0.2) is 0 Å². The van der Waals surface area contributed by atoms with E-state index in [4.69, 9.17) is 9.47 Å². The molecule has 11 atom stereocenters. The van der Waals surface area contributed by atoms with Crippen molar-refractivity contribution in [2.45, 2.75) is 138 Å². The normalized spacial score (nSPS) is 45.2. The van der Waals surface area contributed by atoms with Crippen LogP contribution in [0.2, 0.25) is 0 Å². The van der Waals surface area contributed by atoms with Crippen LogP contribution >= 0.6 is 0 Å². The van der Waals surface area contributed by atoms with Crippen LogP contribution in [-0.2, 0) is 9.47 Å². The zero-order valence-corrected chi connectivity index (χ0v) is 23.3. The van der Waals surface area contributed by atoms with E-state index >= 15 is 0 Å². The summed E-state index contributed by atoms with van der Waals surface area (Å²) in [5, 5.41) is 10.9. The molecule has 0 aromatic carbocycles. The predicted octanol–water partition coefficient (Wildman–Crippen LogP) is 7.35. The molecule has 33 heavy (non-hydrogen) atoms. The van der Waals surface area contributed by atoms with Gasteiger partial charge in [0.05, 0.1) is 30.5 Å². The number of aliphatic hydroxyl groups excluding tert-OH is 1. The third-order valence-electron chi connectivity index (χ3n) is 9.48. The molecule has 3 nitrogen and oxygen atoms in total. The average molecular weight is 465 g/mol. The Labute approximate surface area is 205 Å². The van der Waals surface area contributed by atoms with Gasteiger partial charge in [0, 0.05) is 11.8 Å². The molecule has 3 aliphatic rings. The lowest BCUT2D eigenvalue weighted by molar-refractivity contribution is -0.194. The number of ether oxygens (including phenoxy) is 2. The van der Waals surface area contributed by atoms with E-state index in [1.165, 1.54) is 19.3 Å². The standard InChI is InChI=1S/C30H56O3/c1-17(2)23-11-10-20(7)13-25(23)32-27-15-22(9)16-28(30(27)19(5)6)33-26-14-21(8)12-24(31)29(26)18(3)4/h17-31H,10-16H2,1-9H3/t20-,21+,22+,23+,24+,25+,26?,27?,28-,29-,30+/m0/s1. The minimum absolute atomic E-state index is 0.166. The molecule has 0 heterocycles. The monoisotopic (exact) mass is 464 g/mol. The van der Waals surface area contributed by atoms with Gasteiger partial charge >= 0.3 is 0 Å². The van der Waals surface area contributed by atoms with E-state index in [1.54, 1.807) is 0 Å². The summed E-state index contributed by atoms with van der Waals surface area (Å²) < 4.78 is 14.2. The van der Waals surface area contributed by atoms with Gasteiger partial charge in [-0.1, -0.05) is 68.7 Å². The number of rotatable bonds is 7. The zero-order valence-electron chi connectivity index (χ0n) is 23.3. The predicted molar refractivity (Wildman–Crippen MR) is 138 cm³/mol. The summed E-state index contributed by atoms with van der Waals surface area (Å²) in [6.07, 6.45) is 9.01. The molecule has 3 fully saturated rings. The minimum atomic E-state index is -0.236. The maximum atomic E-state index is 10.9. The first-order chi connectivity index (χ1) is 15.5. The minimum Gasteiger partial charge on any atom is -0.393 e. The van der Waals surface area contributed by atoms with Crippen LogP contribution in [0.5, 0.6) is 0 Å². The summed E-state index contributed by atoms with van der Waals surface area (Å²) in [6.45, 7) is 21.1. The van der Waals surface area contributed by atoms with Crippen molar-refractivity contribution in [1.29, 1.82) is 0 Å². The second-order valence-electron chi connectivity index (χ2n) is 13.6. The van der Waals surface area contributed by atoms with E-state index in [0.29, 0.717) is 53.6 Å². The van der Waals surface area contributed by atoms with Gasteiger partial charge in [0.15, 0.2) is 0 Å². The van der Waals surface area contributed by atoms with Gasteiger partial charge in [-0.2, -0.15) is 0 Å². The van der Waals surface area contributed by atoms with Gasteiger partial charge in [-0.3, -0.25) is 0 Å². The fourth-order valence-corrected chi connectivity index (χ4v) is 7.80. The molecule has 0 saturated heterocycles. The van der Waals surface area contributed by atoms with Crippen LogP contribution < -0.4 is 0 Å². The fraction of sp³-hybridized carbons (Fsp3) is 1.00. The van der Waals surface area contributed by atoms with Crippen LogP contribution in [0.25, 0.3) is 0 Å². The van der Waals surface area contributed by atoms with E-state index in [-0.39, 0.29) is 24.2 Å². The maximum absolute atomic E-state index is 10.9. The summed E-state index contributed by atoms with van der Waals surface area (Å²) in [5.74, 6) is 4.96. The van der Waals surface area contributed by atoms with E-state index in [2.05, 4.69) is 62.3 Å². The highest BCUT2D eigenvalue weighted by Crippen LogP contribution is 2.44. The smallest absolute Gasteiger partial charge is 0.0637 e. The largest absolute Gasteiger partial charge is 0.393 e. The molecule has 0 aliphatic heterocycles. The lowest BCUT2D eigenvalue weighted by Gasteiger charge is -2.49. The van der Waals surface area contributed by atoms with Crippen molar-refractivity contribution in [1.82, 2.24) is 0 Å². The topological polar surface area (TPSA) is 38.7 Å². The van der Waals surface area contributed by atoms with Crippen molar-refractivity contribution in [3.05, 3.63) is 0 Å². The molecule has 3 heteroatoms. The average Bonchev–Trinajstić information content (AvgIpc) is 2.66. The van der Waals surface area contributed by atoms with Crippen LogP contribution in [-0.4, -0.2) is 35.6 Å². The Bertz CT molecular complexity index is 587. The molecule has 0 amide bonds. The maximum Gasteiger partial charge on any atom is 0.0637 e. The molecule has 194 valence electrons. The van der Waals surface area contributed by atoms with Crippen LogP contribution in [0.3, 0.4) is 0 Å². The van der Waals surface area contributed by atoms with Crippen molar-refractivity contribution in [2.24, 2.45) is 53.3 Å². The summed E-state index contributed by atoms with van der Waals surface area (Å²) in [6, 6.07) is 0. The van der Waals surface area contributed by atoms with Gasteiger partial charge in [-0.05, 0) is 80.0 Å². The zero-order chi connectivity index (χ0) is 24.4. The molecule has 0 aromatic rings. The molecule has 1 N–H and O–H groups in total. The Kier molecular flexibility index (Phi) is 9.77. The lowest BCUT2D eigenvalue weighted by atomic mass is 9.70. The van der Waals surface area contributed by atoms with Crippen molar-refractivity contribution in [3.8, 4) is 0 Å². The highest BCUT2D eigenvalue weighted by molar-refractivity contribution is 4.94. The molecular formula is C30H56O3. The van der Waals surface area contributed by atoms with Gasteiger partial charge in [0.25, 0.3) is 0 Å². The van der Waals surface area contributed by atoms with Crippen LogP contribution in [0.4, 0.5) is 0 Å². The van der Waals surface area contributed by atoms with Gasteiger partial charge in [0.2, 0.25) is 0 Å². The van der Waals surface area contributed by atoms with Crippen molar-refractivity contribution in [2.75, 3.05) is 0 Å². The molecule has 0 radical (unpaired) electrons. The van der Waals surface area contributed by atoms with Crippen molar-refractivity contribution < 1.29 is 14.6 Å². The number of hydrogen-bond donors (Lipinski definition) is 1. The van der Waals surface area contributed by atoms with E-state index in [1.807, 2.05) is 0 Å². The van der Waals surface area contributed by atoms with Crippen LogP contribution in [0.1, 0.15) is 107 Å². The summed E-state index contributed by atoms with van der Waals surface area (Å²) >= 11 is 0. The van der Waals surface area contributed by atoms with Gasteiger partial charge in [-0.15, -0.1) is 0 Å². The highest BCUT2D eigenvalue weighted by Gasteiger charge is 2.46. The van der Waals surface area contributed by atoms with E-state index in [9.17, 15) is 5.11 Å². The number of aliphatic hydroxyl groups is 1. The molecule has 3 saturated carbocycles. The van der Waals surface area contributed by atoms with Gasteiger partial charge < -0.3 is 14.6 Å². The fourth-order valence-electron chi connectivity index (χ4n) is 7.80. The third kappa shape index (κ3) is 6.76. The Morgan fingerprint density at radius 3 is 1.52 bits per heavy atom. The first kappa shape index (κ1) is 27.5. The summed E-state index contributed by atoms with van der Waals surface area (Å²) in [7, 11) is 0. The second-order valence-corrected chi connectivity index (χ2v) is 13.6. The molecule has 0 aromatic heterocycles. The van der Waals surface area contributed by atoms with Gasteiger partial charge in [-0.25, -0.2) is 0 Å². The summed E-state index contributed by atoms with van der Waals surface area (Å²) in [4.78, 5) is 0. The summed E-state index contributed by atoms with van der Waals surface area (Å²) in [5.41, 5.74) is 0. The third-order valence-corrected chi connectivity index (χ3v) is 9.48. The van der Waals surface area contributed by atoms with Crippen molar-refractivity contribution in [3.63, 3.8) is 0 Å². The SMILES string of the molecule is CC(C)[C@@H]1C(O[C@H]2C[C@H](C)CC(O[C@@H]3C[C@@H](C)CC[C@@H]3C(C)C)[C@H]2C(C)C)C[C@H](C)C[C@H]1O. The lowest BCUT2D eigenvalue weighted by Crippen LogP contribution is -2.51. The molecule has 3 aliphatic carbocycles. The Hall–Kier alpha value is -0.120. The quantitative estimate of drug-likeness (QED) is 0.428. The first-order valence-electron chi connectivity index (χ1n) is 14.5. The molecule has 3 rings (SSSR count).